The van der Waals surface area contributed by atoms with E-state index in [4.69, 9.17) is 0 Å². The summed E-state index contributed by atoms with van der Waals surface area (Å²) in [6, 6.07) is 12.8. The van der Waals surface area contributed by atoms with Crippen LogP contribution in [0.3, 0.4) is 0 Å². The topological polar surface area (TPSA) is 23.6 Å². The van der Waals surface area contributed by atoms with E-state index in [-0.39, 0.29) is 6.04 Å². The Morgan fingerprint density at radius 2 is 1.80 bits per heavy atom. The number of carbonyl (C=O) groups is 1. The molecule has 0 radical (unpaired) electrons. The lowest BCUT2D eigenvalue weighted by Crippen LogP contribution is -2.44. The second kappa shape index (κ2) is 7.71. The average molecular weight is 355 g/mol. The fraction of sp³-hybridized carbons (Fsp3) is 0.476. The molecule has 0 bridgehead atoms. The first-order chi connectivity index (χ1) is 12.3. The van der Waals surface area contributed by atoms with Crippen molar-refractivity contribution in [1.29, 1.82) is 0 Å². The van der Waals surface area contributed by atoms with E-state index in [1.54, 1.807) is 11.3 Å². The first kappa shape index (κ1) is 16.8. The summed E-state index contributed by atoms with van der Waals surface area (Å²) in [6.45, 7) is 2.83. The van der Waals surface area contributed by atoms with Crippen LogP contribution in [0, 0.1) is 0 Å². The minimum Gasteiger partial charge on any atom is -0.341 e. The highest BCUT2D eigenvalue weighted by atomic mass is 32.1. The fourth-order valence-corrected chi connectivity index (χ4v) is 5.03. The zero-order valence-corrected chi connectivity index (χ0v) is 15.5. The monoisotopic (exact) mass is 354 g/mol. The molecule has 132 valence electrons. The van der Waals surface area contributed by atoms with Crippen molar-refractivity contribution in [2.75, 3.05) is 19.6 Å². The molecule has 0 N–H and O–H groups in total. The van der Waals surface area contributed by atoms with Crippen molar-refractivity contribution < 1.29 is 4.79 Å². The van der Waals surface area contributed by atoms with Gasteiger partial charge in [-0.05, 0) is 66.6 Å². The van der Waals surface area contributed by atoms with Gasteiger partial charge in [0, 0.05) is 19.1 Å². The molecule has 2 aromatic rings. The maximum Gasteiger partial charge on any atom is 0.244 e. The third-order valence-corrected chi connectivity index (χ3v) is 6.27. The molecular weight excluding hydrogens is 328 g/mol. The summed E-state index contributed by atoms with van der Waals surface area (Å²) in [5.74, 6) is 0.299. The van der Waals surface area contributed by atoms with Crippen LogP contribution in [0.4, 0.5) is 0 Å². The fourth-order valence-electron chi connectivity index (χ4n) is 4.32. The van der Waals surface area contributed by atoms with E-state index in [9.17, 15) is 4.79 Å². The molecule has 2 saturated heterocycles. The molecule has 25 heavy (non-hydrogen) atoms. The van der Waals surface area contributed by atoms with Crippen LogP contribution in [0.1, 0.15) is 55.3 Å². The number of benzene rings is 1. The van der Waals surface area contributed by atoms with Crippen molar-refractivity contribution in [2.45, 2.75) is 44.2 Å². The number of amides is 1. The van der Waals surface area contributed by atoms with Gasteiger partial charge in [-0.15, -0.1) is 0 Å². The number of thiophene rings is 1. The van der Waals surface area contributed by atoms with E-state index >= 15 is 0 Å². The van der Waals surface area contributed by atoms with Crippen molar-refractivity contribution in [3.8, 4) is 0 Å². The summed E-state index contributed by atoms with van der Waals surface area (Å²) in [4.78, 5) is 18.0. The Morgan fingerprint density at radius 3 is 2.52 bits per heavy atom. The van der Waals surface area contributed by atoms with Crippen LogP contribution in [0.2, 0.25) is 0 Å². The lowest BCUT2D eigenvalue weighted by Gasteiger charge is -2.37. The predicted molar refractivity (Wildman–Crippen MR) is 103 cm³/mol. The van der Waals surface area contributed by atoms with E-state index in [1.165, 1.54) is 12.0 Å². The van der Waals surface area contributed by atoms with Gasteiger partial charge in [0.05, 0.1) is 0 Å². The van der Waals surface area contributed by atoms with Gasteiger partial charge in [-0.1, -0.05) is 30.3 Å². The molecule has 2 fully saturated rings. The van der Waals surface area contributed by atoms with E-state index < -0.39 is 0 Å². The van der Waals surface area contributed by atoms with Crippen molar-refractivity contribution >= 4 is 17.2 Å². The molecule has 1 aromatic carbocycles. The highest BCUT2D eigenvalue weighted by Gasteiger charge is 2.38. The molecule has 4 rings (SSSR count). The number of rotatable bonds is 4. The van der Waals surface area contributed by atoms with E-state index in [0.29, 0.717) is 11.9 Å². The normalized spacial score (nSPS) is 22.9. The Labute approximate surface area is 154 Å². The molecule has 0 spiro atoms. The summed E-state index contributed by atoms with van der Waals surface area (Å²) in [5, 5.41) is 4.40. The van der Waals surface area contributed by atoms with Gasteiger partial charge in [-0.2, -0.15) is 11.3 Å². The highest BCUT2D eigenvalue weighted by molar-refractivity contribution is 7.07. The van der Waals surface area contributed by atoms with Crippen LogP contribution >= 0.6 is 11.3 Å². The number of hydrogen-bond acceptors (Lipinski definition) is 3. The molecule has 2 aliphatic heterocycles. The number of piperidine rings is 1. The summed E-state index contributed by atoms with van der Waals surface area (Å²) in [6.07, 6.45) is 5.84. The van der Waals surface area contributed by atoms with Gasteiger partial charge in [-0.25, -0.2) is 0 Å². The smallest absolute Gasteiger partial charge is 0.244 e. The Balaban J connectivity index is 1.66. The number of likely N-dealkylation sites (tertiary alicyclic amines) is 2. The molecule has 1 aromatic heterocycles. The average Bonchev–Trinajstić information content (AvgIpc) is 3.35. The van der Waals surface area contributed by atoms with Crippen LogP contribution in [0.15, 0.2) is 47.2 Å². The van der Waals surface area contributed by atoms with Gasteiger partial charge in [0.2, 0.25) is 5.91 Å². The van der Waals surface area contributed by atoms with Crippen LogP contribution in [0.25, 0.3) is 0 Å². The quantitative estimate of drug-likeness (QED) is 0.798. The van der Waals surface area contributed by atoms with Crippen LogP contribution in [-0.2, 0) is 4.79 Å². The van der Waals surface area contributed by atoms with Gasteiger partial charge < -0.3 is 4.90 Å². The molecule has 0 saturated carbocycles. The second-order valence-electron chi connectivity index (χ2n) is 7.15. The summed E-state index contributed by atoms with van der Waals surface area (Å²) in [7, 11) is 0. The maximum absolute atomic E-state index is 13.5. The van der Waals surface area contributed by atoms with Gasteiger partial charge in [0.25, 0.3) is 0 Å². The Kier molecular flexibility index (Phi) is 5.18. The maximum atomic E-state index is 13.5. The van der Waals surface area contributed by atoms with E-state index in [1.807, 2.05) is 6.07 Å². The number of hydrogen-bond donors (Lipinski definition) is 0. The zero-order chi connectivity index (χ0) is 17.1. The molecule has 4 heteroatoms. The van der Waals surface area contributed by atoms with Crippen LogP contribution in [0.5, 0.6) is 0 Å². The van der Waals surface area contributed by atoms with E-state index in [2.05, 4.69) is 50.9 Å². The van der Waals surface area contributed by atoms with Gasteiger partial charge in [0.1, 0.15) is 6.04 Å². The summed E-state index contributed by atoms with van der Waals surface area (Å²) >= 11 is 1.75. The summed E-state index contributed by atoms with van der Waals surface area (Å²) < 4.78 is 0. The summed E-state index contributed by atoms with van der Waals surface area (Å²) in [5.41, 5.74) is 2.51. The Bertz CT molecular complexity index is 679. The molecule has 0 unspecified atom stereocenters. The van der Waals surface area contributed by atoms with Crippen LogP contribution in [-0.4, -0.2) is 35.3 Å². The van der Waals surface area contributed by atoms with Gasteiger partial charge in [-0.3, -0.25) is 9.69 Å². The van der Waals surface area contributed by atoms with Crippen molar-refractivity contribution in [3.05, 3.63) is 58.3 Å². The molecule has 2 aliphatic rings. The SMILES string of the molecule is O=C([C@H](c1ccccc1)N1CCC[C@@H]1c1ccsc1)N1CCCCC1. The van der Waals surface area contributed by atoms with Gasteiger partial charge in [0.15, 0.2) is 0 Å². The first-order valence-corrected chi connectivity index (χ1v) is 10.4. The van der Waals surface area contributed by atoms with Crippen molar-refractivity contribution in [1.82, 2.24) is 9.80 Å². The Hall–Kier alpha value is -1.65. The standard InChI is InChI=1S/C21H26N2OS/c24-21(22-12-5-2-6-13-22)20(17-8-3-1-4-9-17)23-14-7-10-19(23)18-11-15-25-16-18/h1,3-4,8-9,11,15-16,19-20H,2,5-7,10,12-14H2/t19-,20+/m1/s1. The third-order valence-electron chi connectivity index (χ3n) is 5.57. The largest absolute Gasteiger partial charge is 0.341 e. The predicted octanol–water partition coefficient (Wildman–Crippen LogP) is 4.64. The molecule has 0 aliphatic carbocycles. The lowest BCUT2D eigenvalue weighted by molar-refractivity contribution is -0.138. The minimum absolute atomic E-state index is 0.147. The molecule has 3 nitrogen and oxygen atoms in total. The van der Waals surface area contributed by atoms with E-state index in [0.717, 1.165) is 50.9 Å². The molecule has 3 heterocycles. The second-order valence-corrected chi connectivity index (χ2v) is 7.93. The molecule has 1 amide bonds. The molecule has 2 atom stereocenters. The van der Waals surface area contributed by atoms with Crippen LogP contribution < -0.4 is 0 Å². The third kappa shape index (κ3) is 3.51. The molecular formula is C21H26N2OS. The van der Waals surface area contributed by atoms with Crippen molar-refractivity contribution in [2.24, 2.45) is 0 Å². The first-order valence-electron chi connectivity index (χ1n) is 9.46. The zero-order valence-electron chi connectivity index (χ0n) is 14.6. The van der Waals surface area contributed by atoms with Crippen molar-refractivity contribution in [3.63, 3.8) is 0 Å². The van der Waals surface area contributed by atoms with Gasteiger partial charge >= 0.3 is 0 Å². The Morgan fingerprint density at radius 1 is 1.00 bits per heavy atom. The lowest BCUT2D eigenvalue weighted by atomic mass is 9.99. The number of carbonyl (C=O) groups excluding carboxylic acids is 1. The minimum atomic E-state index is -0.147. The number of nitrogens with zero attached hydrogens (tertiary/aromatic N) is 2. The highest BCUT2D eigenvalue weighted by Crippen LogP contribution is 2.40.